The van der Waals surface area contributed by atoms with Gasteiger partial charge in [0.2, 0.25) is 0 Å². The van der Waals surface area contributed by atoms with Crippen molar-refractivity contribution in [3.8, 4) is 0 Å². The lowest BCUT2D eigenvalue weighted by Gasteiger charge is -2.30. The molecule has 0 fully saturated rings. The summed E-state index contributed by atoms with van der Waals surface area (Å²) in [5.41, 5.74) is 0. The summed E-state index contributed by atoms with van der Waals surface area (Å²) in [5.74, 6) is 0. The Morgan fingerprint density at radius 2 is 1.81 bits per heavy atom. The van der Waals surface area contributed by atoms with Crippen LogP contribution in [0.4, 0.5) is 0 Å². The molecule has 0 bridgehead atoms. The van der Waals surface area contributed by atoms with Crippen LogP contribution >= 0.6 is 0 Å². The molecule has 0 aliphatic rings. The third-order valence-corrected chi connectivity index (χ3v) is 9.50. The van der Waals surface area contributed by atoms with Crippen LogP contribution in [-0.2, 0) is 8.85 Å². The Morgan fingerprint density at radius 1 is 1.19 bits per heavy atom. The van der Waals surface area contributed by atoms with E-state index >= 15 is 0 Å². The highest BCUT2D eigenvalue weighted by Crippen LogP contribution is 2.21. The highest BCUT2D eigenvalue weighted by Gasteiger charge is 2.28. The fraction of sp³-hybridized carbons (Fsp3) is 1.00. The molecule has 0 aromatic rings. The van der Waals surface area contributed by atoms with Crippen molar-refractivity contribution in [3.05, 3.63) is 0 Å². The molecular formula is C12H30O2Si2. The Kier molecular flexibility index (Phi) is 8.63. The van der Waals surface area contributed by atoms with Gasteiger partial charge < -0.3 is 8.85 Å². The monoisotopic (exact) mass is 262 g/mol. The smallest absolute Gasteiger partial charge is 0.178 e. The van der Waals surface area contributed by atoms with E-state index in [2.05, 4.69) is 40.4 Å². The summed E-state index contributed by atoms with van der Waals surface area (Å²) >= 11 is 0. The molecule has 1 atom stereocenters. The number of rotatable bonds is 9. The standard InChI is InChI=1S/C12H30O2Si2/c1-7-8-10-16(6,14-15(4)5)11-9-13-12(2)3/h12,15H,7-11H2,1-6H3. The molecular weight excluding hydrogens is 232 g/mol. The van der Waals surface area contributed by atoms with Crippen molar-refractivity contribution in [3.63, 3.8) is 0 Å². The lowest BCUT2D eigenvalue weighted by molar-refractivity contribution is 0.0880. The highest BCUT2D eigenvalue weighted by atomic mass is 28.4. The van der Waals surface area contributed by atoms with Crippen molar-refractivity contribution in [2.24, 2.45) is 0 Å². The van der Waals surface area contributed by atoms with Crippen LogP contribution in [0.25, 0.3) is 0 Å². The number of hydrogen-bond donors (Lipinski definition) is 0. The zero-order valence-electron chi connectivity index (χ0n) is 12.0. The van der Waals surface area contributed by atoms with Crippen LogP contribution in [0.5, 0.6) is 0 Å². The minimum atomic E-state index is -1.46. The van der Waals surface area contributed by atoms with E-state index in [-0.39, 0.29) is 0 Å². The normalized spacial score (nSPS) is 15.8. The van der Waals surface area contributed by atoms with E-state index in [0.717, 1.165) is 12.7 Å². The van der Waals surface area contributed by atoms with E-state index in [4.69, 9.17) is 8.85 Å². The molecule has 4 heteroatoms. The summed E-state index contributed by atoms with van der Waals surface area (Å²) in [6, 6.07) is 2.46. The molecule has 0 aromatic heterocycles. The van der Waals surface area contributed by atoms with Gasteiger partial charge in [0.1, 0.15) is 0 Å². The van der Waals surface area contributed by atoms with E-state index in [9.17, 15) is 0 Å². The predicted molar refractivity (Wildman–Crippen MR) is 77.2 cm³/mol. The van der Waals surface area contributed by atoms with Crippen LogP contribution in [0.3, 0.4) is 0 Å². The average Bonchev–Trinajstić information content (AvgIpc) is 2.13. The van der Waals surface area contributed by atoms with E-state index in [1.165, 1.54) is 18.9 Å². The third kappa shape index (κ3) is 8.50. The van der Waals surface area contributed by atoms with Gasteiger partial charge in [-0.3, -0.25) is 0 Å². The Labute approximate surface area is 105 Å². The average molecular weight is 263 g/mol. The van der Waals surface area contributed by atoms with Crippen LogP contribution in [-0.4, -0.2) is 30.1 Å². The molecule has 16 heavy (non-hydrogen) atoms. The quantitative estimate of drug-likeness (QED) is 0.589. The van der Waals surface area contributed by atoms with E-state index in [1.54, 1.807) is 0 Å². The van der Waals surface area contributed by atoms with Gasteiger partial charge >= 0.3 is 0 Å². The first-order valence-electron chi connectivity index (χ1n) is 6.69. The van der Waals surface area contributed by atoms with Gasteiger partial charge in [-0.15, -0.1) is 0 Å². The van der Waals surface area contributed by atoms with Crippen LogP contribution in [0.15, 0.2) is 0 Å². The van der Waals surface area contributed by atoms with Crippen molar-refractivity contribution in [1.82, 2.24) is 0 Å². The molecule has 0 rings (SSSR count). The number of ether oxygens (including phenoxy) is 1. The Hall–Kier alpha value is 0.354. The summed E-state index contributed by atoms with van der Waals surface area (Å²) in [7, 11) is -2.36. The highest BCUT2D eigenvalue weighted by molar-refractivity contribution is 6.78. The van der Waals surface area contributed by atoms with Gasteiger partial charge in [-0.2, -0.15) is 0 Å². The molecule has 0 spiro atoms. The van der Waals surface area contributed by atoms with Crippen LogP contribution in [0.2, 0.25) is 31.7 Å². The largest absolute Gasteiger partial charge is 0.458 e. The first-order valence-corrected chi connectivity index (χ1v) is 12.3. The molecule has 1 unspecified atom stereocenters. The minimum absolute atomic E-state index is 0.348. The maximum absolute atomic E-state index is 6.32. The molecule has 98 valence electrons. The van der Waals surface area contributed by atoms with Crippen molar-refractivity contribution >= 4 is 17.4 Å². The Balaban J connectivity index is 4.07. The van der Waals surface area contributed by atoms with Crippen LogP contribution in [0, 0.1) is 0 Å². The van der Waals surface area contributed by atoms with Crippen LogP contribution < -0.4 is 0 Å². The second kappa shape index (κ2) is 8.45. The van der Waals surface area contributed by atoms with Gasteiger partial charge in [-0.25, -0.2) is 0 Å². The zero-order valence-corrected chi connectivity index (χ0v) is 14.2. The molecule has 0 radical (unpaired) electrons. The molecule has 0 heterocycles. The maximum atomic E-state index is 6.32. The van der Waals surface area contributed by atoms with Crippen LogP contribution in [0.1, 0.15) is 33.6 Å². The fourth-order valence-electron chi connectivity index (χ4n) is 1.87. The minimum Gasteiger partial charge on any atom is -0.458 e. The molecule has 0 saturated heterocycles. The van der Waals surface area contributed by atoms with Crippen molar-refractivity contribution in [1.29, 1.82) is 0 Å². The predicted octanol–water partition coefficient (Wildman–Crippen LogP) is 3.79. The molecule has 2 nitrogen and oxygen atoms in total. The van der Waals surface area contributed by atoms with E-state index < -0.39 is 17.4 Å². The van der Waals surface area contributed by atoms with E-state index in [0.29, 0.717) is 6.10 Å². The lowest BCUT2D eigenvalue weighted by Crippen LogP contribution is -2.39. The summed E-state index contributed by atoms with van der Waals surface area (Å²) in [5, 5.41) is 0. The van der Waals surface area contributed by atoms with Gasteiger partial charge in [-0.1, -0.05) is 19.8 Å². The summed E-state index contributed by atoms with van der Waals surface area (Å²) in [4.78, 5) is 0. The van der Waals surface area contributed by atoms with Crippen molar-refractivity contribution < 1.29 is 8.85 Å². The first kappa shape index (κ1) is 16.4. The number of unbranched alkanes of at least 4 members (excludes halogenated alkanes) is 1. The van der Waals surface area contributed by atoms with Gasteiger partial charge in [0, 0.05) is 6.61 Å². The topological polar surface area (TPSA) is 18.5 Å². The maximum Gasteiger partial charge on any atom is 0.178 e. The second-order valence-electron chi connectivity index (χ2n) is 5.39. The Bertz CT molecular complexity index is 174. The van der Waals surface area contributed by atoms with Gasteiger partial charge in [0.15, 0.2) is 17.4 Å². The van der Waals surface area contributed by atoms with Gasteiger partial charge in [0.05, 0.1) is 6.10 Å². The molecule has 0 saturated carbocycles. The summed E-state index contributed by atoms with van der Waals surface area (Å²) < 4.78 is 12.0. The SMILES string of the molecule is CCCC[Si](C)(CCOC(C)C)O[SiH](C)C. The van der Waals surface area contributed by atoms with Gasteiger partial charge in [-0.05, 0) is 45.6 Å². The third-order valence-electron chi connectivity index (χ3n) is 2.66. The molecule has 0 aromatic carbocycles. The molecule has 0 aliphatic carbocycles. The zero-order chi connectivity index (χ0) is 12.6. The summed E-state index contributed by atoms with van der Waals surface area (Å²) in [6.45, 7) is 14.3. The number of hydrogen-bond acceptors (Lipinski definition) is 2. The van der Waals surface area contributed by atoms with Gasteiger partial charge in [0.25, 0.3) is 0 Å². The molecule has 0 aliphatic heterocycles. The van der Waals surface area contributed by atoms with E-state index in [1.807, 2.05) is 0 Å². The molecule has 0 N–H and O–H groups in total. The van der Waals surface area contributed by atoms with Crippen molar-refractivity contribution in [2.45, 2.75) is 71.4 Å². The fourth-order valence-corrected chi connectivity index (χ4v) is 9.27. The van der Waals surface area contributed by atoms with Crippen molar-refractivity contribution in [2.75, 3.05) is 6.61 Å². The second-order valence-corrected chi connectivity index (χ2v) is 12.3. The molecule has 0 amide bonds. The first-order chi connectivity index (χ1) is 7.39. The summed E-state index contributed by atoms with van der Waals surface area (Å²) in [6.07, 6.45) is 2.93. The lowest BCUT2D eigenvalue weighted by atomic mass is 10.4. The Morgan fingerprint density at radius 3 is 2.25 bits per heavy atom.